The Morgan fingerprint density at radius 2 is 2.00 bits per heavy atom. The van der Waals surface area contributed by atoms with E-state index in [0.29, 0.717) is 13.0 Å². The van der Waals surface area contributed by atoms with Crippen LogP contribution in [0.2, 0.25) is 0 Å². The quantitative estimate of drug-likeness (QED) is 0.581. The number of carbonyl (C=O) groups excluding carboxylic acids is 1. The lowest BCUT2D eigenvalue weighted by Gasteiger charge is -2.23. The molecule has 0 atom stereocenters. The van der Waals surface area contributed by atoms with Crippen LogP contribution in [0.15, 0.2) is 59.2 Å². The van der Waals surface area contributed by atoms with Crippen LogP contribution in [-0.4, -0.2) is 32.7 Å². The maximum Gasteiger partial charge on any atom is 0.224 e. The lowest BCUT2D eigenvalue weighted by Crippen LogP contribution is -2.30. The molecule has 0 aliphatic carbocycles. The van der Waals surface area contributed by atoms with Crippen molar-refractivity contribution < 1.29 is 13.9 Å². The third-order valence-electron chi connectivity index (χ3n) is 4.64. The molecule has 1 N–H and O–H groups in total. The smallest absolute Gasteiger partial charge is 0.224 e. The van der Waals surface area contributed by atoms with Crippen LogP contribution in [0.4, 0.5) is 5.69 Å². The number of para-hydroxylation sites is 1. The molecule has 5 heteroatoms. The zero-order chi connectivity index (χ0) is 19.1. The highest BCUT2D eigenvalue weighted by molar-refractivity contribution is 5.88. The number of hydrogen-bond acceptors (Lipinski definition) is 4. The van der Waals surface area contributed by atoms with E-state index < -0.39 is 0 Å². The number of furan rings is 1. The summed E-state index contributed by atoms with van der Waals surface area (Å²) in [6, 6.07) is 16.0. The number of nitrogens with zero attached hydrogens (tertiary/aromatic N) is 1. The molecule has 3 rings (SSSR count). The fourth-order valence-corrected chi connectivity index (χ4v) is 3.17. The van der Waals surface area contributed by atoms with Crippen LogP contribution in [0.25, 0.3) is 11.0 Å². The third kappa shape index (κ3) is 4.82. The summed E-state index contributed by atoms with van der Waals surface area (Å²) >= 11 is 0. The molecule has 0 unspecified atom stereocenters. The summed E-state index contributed by atoms with van der Waals surface area (Å²) in [5.74, 6) is 0.753. The van der Waals surface area contributed by atoms with Gasteiger partial charge in [-0.25, -0.2) is 0 Å². The molecule has 1 amide bonds. The number of carbonyl (C=O) groups is 1. The van der Waals surface area contributed by atoms with Crippen molar-refractivity contribution in [3.63, 3.8) is 0 Å². The molecule has 0 saturated carbocycles. The van der Waals surface area contributed by atoms with Gasteiger partial charge >= 0.3 is 0 Å². The summed E-state index contributed by atoms with van der Waals surface area (Å²) in [6.45, 7) is 4.66. The molecule has 5 nitrogen and oxygen atoms in total. The summed E-state index contributed by atoms with van der Waals surface area (Å²) in [4.78, 5) is 14.6. The summed E-state index contributed by atoms with van der Waals surface area (Å²) in [7, 11) is 1.62. The van der Waals surface area contributed by atoms with Crippen molar-refractivity contribution in [2.45, 2.75) is 19.8 Å². The van der Waals surface area contributed by atoms with Crippen molar-refractivity contribution in [3.05, 3.63) is 60.4 Å². The molecule has 0 saturated heterocycles. The molecule has 142 valence electrons. The van der Waals surface area contributed by atoms with E-state index in [9.17, 15) is 4.79 Å². The maximum absolute atomic E-state index is 12.3. The number of rotatable bonds is 9. The second kappa shape index (κ2) is 9.12. The van der Waals surface area contributed by atoms with Gasteiger partial charge in [-0.3, -0.25) is 4.79 Å². The largest absolute Gasteiger partial charge is 0.497 e. The first kappa shape index (κ1) is 18.8. The molecule has 3 aromatic rings. The Labute approximate surface area is 159 Å². The second-order valence-corrected chi connectivity index (χ2v) is 6.42. The van der Waals surface area contributed by atoms with Crippen molar-refractivity contribution in [2.24, 2.45) is 0 Å². The van der Waals surface area contributed by atoms with Crippen molar-refractivity contribution >= 4 is 22.6 Å². The number of ether oxygens (including phenoxy) is 1. The van der Waals surface area contributed by atoms with Gasteiger partial charge in [0.25, 0.3) is 0 Å². The van der Waals surface area contributed by atoms with Crippen LogP contribution in [0, 0.1) is 0 Å². The zero-order valence-corrected chi connectivity index (χ0v) is 15.9. The van der Waals surface area contributed by atoms with E-state index in [0.717, 1.165) is 41.8 Å². The second-order valence-electron chi connectivity index (χ2n) is 6.42. The van der Waals surface area contributed by atoms with Crippen molar-refractivity contribution in [1.82, 2.24) is 5.32 Å². The molecule has 0 aliphatic rings. The van der Waals surface area contributed by atoms with Gasteiger partial charge < -0.3 is 19.4 Å². The molecule has 1 heterocycles. The summed E-state index contributed by atoms with van der Waals surface area (Å²) in [6.07, 6.45) is 2.87. The molecule has 1 aromatic heterocycles. The Balaban J connectivity index is 1.47. The SMILES string of the molecule is CCN(CCCNC(=O)Cc1coc2cc(OC)ccc12)c1ccccc1. The molecule has 2 aromatic carbocycles. The van der Waals surface area contributed by atoms with E-state index >= 15 is 0 Å². The minimum atomic E-state index is 0.0104. The molecular weight excluding hydrogens is 340 g/mol. The summed E-state index contributed by atoms with van der Waals surface area (Å²) in [5.41, 5.74) is 2.84. The van der Waals surface area contributed by atoms with Gasteiger partial charge in [0.1, 0.15) is 11.3 Å². The maximum atomic E-state index is 12.3. The summed E-state index contributed by atoms with van der Waals surface area (Å²) in [5, 5.41) is 3.96. The normalized spacial score (nSPS) is 10.7. The van der Waals surface area contributed by atoms with Gasteiger partial charge in [0.15, 0.2) is 0 Å². The minimum Gasteiger partial charge on any atom is -0.497 e. The molecular formula is C22H26N2O3. The fraction of sp³-hybridized carbons (Fsp3) is 0.318. The lowest BCUT2D eigenvalue weighted by atomic mass is 10.1. The molecule has 0 spiro atoms. The summed E-state index contributed by atoms with van der Waals surface area (Å²) < 4.78 is 10.7. The van der Waals surface area contributed by atoms with Gasteiger partial charge in [-0.15, -0.1) is 0 Å². The van der Waals surface area contributed by atoms with Gasteiger partial charge in [-0.05, 0) is 37.6 Å². The number of fused-ring (bicyclic) bond motifs is 1. The van der Waals surface area contributed by atoms with E-state index in [-0.39, 0.29) is 5.91 Å². The number of anilines is 1. The molecule has 0 aliphatic heterocycles. The van der Waals surface area contributed by atoms with E-state index in [1.807, 2.05) is 36.4 Å². The van der Waals surface area contributed by atoms with E-state index in [1.165, 1.54) is 5.69 Å². The predicted molar refractivity (Wildman–Crippen MR) is 108 cm³/mol. The van der Waals surface area contributed by atoms with Crippen LogP contribution in [0.1, 0.15) is 18.9 Å². The topological polar surface area (TPSA) is 54.7 Å². The number of amides is 1. The molecule has 0 bridgehead atoms. The fourth-order valence-electron chi connectivity index (χ4n) is 3.17. The Hall–Kier alpha value is -2.95. The Bertz CT molecular complexity index is 874. The van der Waals surface area contributed by atoms with Crippen molar-refractivity contribution in [3.8, 4) is 5.75 Å². The van der Waals surface area contributed by atoms with Gasteiger partial charge in [-0.2, -0.15) is 0 Å². The molecule has 0 radical (unpaired) electrons. The standard InChI is InChI=1S/C22H26N2O3/c1-3-24(18-8-5-4-6-9-18)13-7-12-23-22(25)14-17-16-27-21-15-19(26-2)10-11-20(17)21/h4-6,8-11,15-16H,3,7,12-14H2,1-2H3,(H,23,25). The highest BCUT2D eigenvalue weighted by atomic mass is 16.5. The van der Waals surface area contributed by atoms with Crippen molar-refractivity contribution in [1.29, 1.82) is 0 Å². The third-order valence-corrected chi connectivity index (χ3v) is 4.64. The van der Waals surface area contributed by atoms with Crippen LogP contribution in [0.5, 0.6) is 5.75 Å². The van der Waals surface area contributed by atoms with Crippen LogP contribution >= 0.6 is 0 Å². The Kier molecular flexibility index (Phi) is 6.36. The molecule has 27 heavy (non-hydrogen) atoms. The van der Waals surface area contributed by atoms with Gasteiger partial charge in [0.2, 0.25) is 5.91 Å². The predicted octanol–water partition coefficient (Wildman–Crippen LogP) is 4.02. The van der Waals surface area contributed by atoms with Crippen LogP contribution in [0.3, 0.4) is 0 Å². The number of nitrogens with one attached hydrogen (secondary N) is 1. The first-order valence-electron chi connectivity index (χ1n) is 9.32. The molecule has 0 fully saturated rings. The van der Waals surface area contributed by atoms with E-state index in [1.54, 1.807) is 13.4 Å². The van der Waals surface area contributed by atoms with Crippen LogP contribution in [-0.2, 0) is 11.2 Å². The number of benzene rings is 2. The van der Waals surface area contributed by atoms with E-state index in [4.69, 9.17) is 9.15 Å². The van der Waals surface area contributed by atoms with Crippen molar-refractivity contribution in [2.75, 3.05) is 31.6 Å². The Morgan fingerprint density at radius 1 is 1.19 bits per heavy atom. The minimum absolute atomic E-state index is 0.0104. The van der Waals surface area contributed by atoms with Crippen LogP contribution < -0.4 is 15.0 Å². The Morgan fingerprint density at radius 3 is 2.74 bits per heavy atom. The zero-order valence-electron chi connectivity index (χ0n) is 15.9. The first-order valence-corrected chi connectivity index (χ1v) is 9.32. The highest BCUT2D eigenvalue weighted by Crippen LogP contribution is 2.25. The first-order chi connectivity index (χ1) is 13.2. The monoisotopic (exact) mass is 366 g/mol. The number of methoxy groups -OCH3 is 1. The lowest BCUT2D eigenvalue weighted by molar-refractivity contribution is -0.120. The number of hydrogen-bond donors (Lipinski definition) is 1. The van der Waals surface area contributed by atoms with Gasteiger partial charge in [-0.1, -0.05) is 18.2 Å². The average Bonchev–Trinajstić information content (AvgIpc) is 3.10. The van der Waals surface area contributed by atoms with Gasteiger partial charge in [0.05, 0.1) is 19.8 Å². The highest BCUT2D eigenvalue weighted by Gasteiger charge is 2.11. The van der Waals surface area contributed by atoms with Gasteiger partial charge in [0, 0.05) is 42.3 Å². The average molecular weight is 366 g/mol. The van der Waals surface area contributed by atoms with E-state index in [2.05, 4.69) is 29.3 Å².